The van der Waals surface area contributed by atoms with Crippen LogP contribution in [0, 0.1) is 6.92 Å². The summed E-state index contributed by atoms with van der Waals surface area (Å²) < 4.78 is 2.74. The van der Waals surface area contributed by atoms with Crippen molar-refractivity contribution in [1.82, 2.24) is 14.5 Å². The SMILES string of the molecule is Cc1ccc(-n2c(N)nc3cc(Br)cnc32)cc1. The van der Waals surface area contributed by atoms with E-state index in [9.17, 15) is 0 Å². The third-order valence-electron chi connectivity index (χ3n) is 2.78. The lowest BCUT2D eigenvalue weighted by Crippen LogP contribution is -2.01. The molecule has 3 aromatic rings. The molecule has 90 valence electrons. The average molecular weight is 303 g/mol. The molecule has 5 heteroatoms. The number of rotatable bonds is 1. The number of hydrogen-bond donors (Lipinski definition) is 1. The molecule has 0 aliphatic rings. The molecule has 1 aromatic carbocycles. The second-order valence-electron chi connectivity index (χ2n) is 4.14. The van der Waals surface area contributed by atoms with Crippen molar-refractivity contribution in [2.45, 2.75) is 6.92 Å². The molecule has 0 saturated heterocycles. The van der Waals surface area contributed by atoms with E-state index >= 15 is 0 Å². The highest BCUT2D eigenvalue weighted by molar-refractivity contribution is 9.10. The van der Waals surface area contributed by atoms with E-state index in [0.29, 0.717) is 5.95 Å². The zero-order valence-electron chi connectivity index (χ0n) is 9.76. The van der Waals surface area contributed by atoms with Gasteiger partial charge in [0.05, 0.1) is 5.69 Å². The number of aryl methyl sites for hydroxylation is 1. The summed E-state index contributed by atoms with van der Waals surface area (Å²) in [7, 11) is 0. The van der Waals surface area contributed by atoms with E-state index < -0.39 is 0 Å². The van der Waals surface area contributed by atoms with Crippen molar-refractivity contribution >= 4 is 33.0 Å². The second-order valence-corrected chi connectivity index (χ2v) is 5.05. The fraction of sp³-hybridized carbons (Fsp3) is 0.0769. The Morgan fingerprint density at radius 2 is 1.94 bits per heavy atom. The molecule has 0 amide bonds. The predicted octanol–water partition coefficient (Wildman–Crippen LogP) is 3.07. The lowest BCUT2D eigenvalue weighted by Gasteiger charge is -2.05. The molecule has 0 radical (unpaired) electrons. The van der Waals surface area contributed by atoms with Gasteiger partial charge in [-0.15, -0.1) is 0 Å². The number of nitrogen functional groups attached to an aromatic ring is 1. The van der Waals surface area contributed by atoms with Crippen molar-refractivity contribution in [2.75, 3.05) is 5.73 Å². The summed E-state index contributed by atoms with van der Waals surface area (Å²) in [4.78, 5) is 8.69. The van der Waals surface area contributed by atoms with E-state index in [2.05, 4.69) is 32.8 Å². The van der Waals surface area contributed by atoms with Gasteiger partial charge in [-0.2, -0.15) is 0 Å². The maximum absolute atomic E-state index is 5.97. The van der Waals surface area contributed by atoms with Crippen LogP contribution in [0.4, 0.5) is 5.95 Å². The van der Waals surface area contributed by atoms with Crippen LogP contribution in [0.2, 0.25) is 0 Å². The summed E-state index contributed by atoms with van der Waals surface area (Å²) in [6, 6.07) is 10.0. The van der Waals surface area contributed by atoms with E-state index in [1.165, 1.54) is 5.56 Å². The second kappa shape index (κ2) is 4.10. The number of halogens is 1. The van der Waals surface area contributed by atoms with Gasteiger partial charge in [0.15, 0.2) is 5.65 Å². The number of pyridine rings is 1. The zero-order valence-corrected chi connectivity index (χ0v) is 11.3. The first-order valence-corrected chi connectivity index (χ1v) is 6.31. The monoisotopic (exact) mass is 302 g/mol. The van der Waals surface area contributed by atoms with Crippen molar-refractivity contribution in [3.05, 3.63) is 46.6 Å². The number of anilines is 1. The van der Waals surface area contributed by atoms with E-state index in [1.54, 1.807) is 6.20 Å². The van der Waals surface area contributed by atoms with Gasteiger partial charge in [-0.3, -0.25) is 4.57 Å². The number of fused-ring (bicyclic) bond motifs is 1. The molecule has 0 fully saturated rings. The van der Waals surface area contributed by atoms with Crippen LogP contribution in [0.25, 0.3) is 16.9 Å². The Kier molecular flexibility index (Phi) is 2.56. The minimum Gasteiger partial charge on any atom is -0.369 e. The van der Waals surface area contributed by atoms with Gasteiger partial charge in [0.1, 0.15) is 5.52 Å². The van der Waals surface area contributed by atoms with Crippen LogP contribution in [0.3, 0.4) is 0 Å². The zero-order chi connectivity index (χ0) is 12.7. The van der Waals surface area contributed by atoms with Crippen LogP contribution in [-0.2, 0) is 0 Å². The van der Waals surface area contributed by atoms with Gasteiger partial charge in [0.2, 0.25) is 5.95 Å². The summed E-state index contributed by atoms with van der Waals surface area (Å²) in [6.45, 7) is 2.05. The summed E-state index contributed by atoms with van der Waals surface area (Å²) in [5, 5.41) is 0. The fourth-order valence-electron chi connectivity index (χ4n) is 1.91. The Balaban J connectivity index is 2.28. The molecular formula is C13H11BrN4. The highest BCUT2D eigenvalue weighted by Crippen LogP contribution is 2.23. The topological polar surface area (TPSA) is 56.7 Å². The summed E-state index contributed by atoms with van der Waals surface area (Å²) in [5.74, 6) is 0.444. The summed E-state index contributed by atoms with van der Waals surface area (Å²) in [6.07, 6.45) is 1.74. The van der Waals surface area contributed by atoms with Crippen LogP contribution in [-0.4, -0.2) is 14.5 Å². The molecule has 0 aliphatic carbocycles. The molecule has 3 rings (SSSR count). The van der Waals surface area contributed by atoms with Gasteiger partial charge in [0, 0.05) is 10.7 Å². The quantitative estimate of drug-likeness (QED) is 0.751. The maximum atomic E-state index is 5.97. The number of benzene rings is 1. The van der Waals surface area contributed by atoms with Gasteiger partial charge in [-0.25, -0.2) is 9.97 Å². The molecule has 0 aliphatic heterocycles. The molecule has 0 atom stereocenters. The molecule has 0 spiro atoms. The normalized spacial score (nSPS) is 11.0. The van der Waals surface area contributed by atoms with Crippen molar-refractivity contribution in [3.63, 3.8) is 0 Å². The number of nitrogens with zero attached hydrogens (tertiary/aromatic N) is 3. The lowest BCUT2D eigenvalue weighted by molar-refractivity contribution is 1.08. The average Bonchev–Trinajstić information content (AvgIpc) is 2.65. The fourth-order valence-corrected chi connectivity index (χ4v) is 2.23. The summed E-state index contributed by atoms with van der Waals surface area (Å²) >= 11 is 3.38. The molecule has 0 bridgehead atoms. The Bertz CT molecular complexity index is 716. The first kappa shape index (κ1) is 11.2. The van der Waals surface area contributed by atoms with E-state index in [4.69, 9.17) is 5.73 Å². The summed E-state index contributed by atoms with van der Waals surface area (Å²) in [5.41, 5.74) is 9.69. The minimum atomic E-state index is 0.444. The van der Waals surface area contributed by atoms with Gasteiger partial charge in [-0.1, -0.05) is 17.7 Å². The lowest BCUT2D eigenvalue weighted by atomic mass is 10.2. The van der Waals surface area contributed by atoms with Crippen molar-refractivity contribution < 1.29 is 0 Å². The van der Waals surface area contributed by atoms with Gasteiger partial charge >= 0.3 is 0 Å². The van der Waals surface area contributed by atoms with Crippen LogP contribution in [0.1, 0.15) is 5.56 Å². The number of imidazole rings is 1. The third kappa shape index (κ3) is 1.76. The Hall–Kier alpha value is -1.88. The van der Waals surface area contributed by atoms with Gasteiger partial charge < -0.3 is 5.73 Å². The molecule has 2 N–H and O–H groups in total. The van der Waals surface area contributed by atoms with E-state index in [1.807, 2.05) is 34.9 Å². The van der Waals surface area contributed by atoms with E-state index in [-0.39, 0.29) is 0 Å². The first-order valence-electron chi connectivity index (χ1n) is 5.51. The van der Waals surface area contributed by atoms with Crippen molar-refractivity contribution in [1.29, 1.82) is 0 Å². The van der Waals surface area contributed by atoms with Gasteiger partial charge in [0.25, 0.3) is 0 Å². The van der Waals surface area contributed by atoms with Crippen LogP contribution >= 0.6 is 15.9 Å². The third-order valence-corrected chi connectivity index (χ3v) is 3.22. The number of aromatic nitrogens is 3. The van der Waals surface area contributed by atoms with Gasteiger partial charge in [-0.05, 0) is 41.1 Å². The Labute approximate surface area is 113 Å². The molecular weight excluding hydrogens is 292 g/mol. The molecule has 2 heterocycles. The molecule has 0 unspecified atom stereocenters. The first-order chi connectivity index (χ1) is 8.65. The Morgan fingerprint density at radius 1 is 1.22 bits per heavy atom. The highest BCUT2D eigenvalue weighted by atomic mass is 79.9. The van der Waals surface area contributed by atoms with Crippen LogP contribution < -0.4 is 5.73 Å². The van der Waals surface area contributed by atoms with E-state index in [0.717, 1.165) is 21.3 Å². The number of hydrogen-bond acceptors (Lipinski definition) is 3. The molecule has 18 heavy (non-hydrogen) atoms. The largest absolute Gasteiger partial charge is 0.369 e. The number of nitrogens with two attached hydrogens (primary N) is 1. The van der Waals surface area contributed by atoms with Crippen molar-refractivity contribution in [2.24, 2.45) is 0 Å². The van der Waals surface area contributed by atoms with Crippen LogP contribution in [0.15, 0.2) is 41.0 Å². The standard InChI is InChI=1S/C13H11BrN4/c1-8-2-4-10(5-3-8)18-12-11(17-13(18)15)6-9(14)7-16-12/h2-7H,1H3,(H2,15,17). The molecule has 4 nitrogen and oxygen atoms in total. The smallest absolute Gasteiger partial charge is 0.207 e. The predicted molar refractivity (Wildman–Crippen MR) is 75.7 cm³/mol. The minimum absolute atomic E-state index is 0.444. The van der Waals surface area contributed by atoms with Crippen molar-refractivity contribution in [3.8, 4) is 5.69 Å². The van der Waals surface area contributed by atoms with Crippen LogP contribution in [0.5, 0.6) is 0 Å². The molecule has 0 saturated carbocycles. The molecule has 2 aromatic heterocycles. The highest BCUT2D eigenvalue weighted by Gasteiger charge is 2.11. The Morgan fingerprint density at radius 3 is 2.67 bits per heavy atom. The maximum Gasteiger partial charge on any atom is 0.207 e.